The molecule has 1 saturated heterocycles. The normalized spacial score (nSPS) is 22.9. The molecular formula is C13H28N4O. The summed E-state index contributed by atoms with van der Waals surface area (Å²) in [4.78, 5) is 4.73. The summed E-state index contributed by atoms with van der Waals surface area (Å²) < 4.78 is 0. The summed E-state index contributed by atoms with van der Waals surface area (Å²) >= 11 is 0. The van der Waals surface area contributed by atoms with E-state index in [1.807, 2.05) is 0 Å². The summed E-state index contributed by atoms with van der Waals surface area (Å²) in [5.74, 6) is 0.292. The van der Waals surface area contributed by atoms with E-state index in [0.717, 1.165) is 13.0 Å². The number of amidine groups is 1. The number of piperidine rings is 1. The van der Waals surface area contributed by atoms with E-state index in [4.69, 9.17) is 10.9 Å². The van der Waals surface area contributed by atoms with Gasteiger partial charge in [0.15, 0.2) is 5.84 Å². The second-order valence-electron chi connectivity index (χ2n) is 5.57. The van der Waals surface area contributed by atoms with Gasteiger partial charge in [-0.05, 0) is 46.7 Å². The second-order valence-corrected chi connectivity index (χ2v) is 5.57. The predicted octanol–water partition coefficient (Wildman–Crippen LogP) is 1.32. The van der Waals surface area contributed by atoms with E-state index in [2.05, 4.69) is 35.9 Å². The minimum Gasteiger partial charge on any atom is -0.409 e. The molecule has 0 aliphatic carbocycles. The number of rotatable bonds is 6. The van der Waals surface area contributed by atoms with Crippen LogP contribution in [0.25, 0.3) is 0 Å². The van der Waals surface area contributed by atoms with Gasteiger partial charge >= 0.3 is 0 Å². The van der Waals surface area contributed by atoms with Crippen LogP contribution in [0.3, 0.4) is 0 Å². The van der Waals surface area contributed by atoms with Crippen molar-refractivity contribution in [3.8, 4) is 0 Å². The SMILES string of the molecule is CC(C)N(CCC1CCCCN1C)CC(N)=NO. The van der Waals surface area contributed by atoms with Crippen LogP contribution in [0.2, 0.25) is 0 Å². The second kappa shape index (κ2) is 7.59. The lowest BCUT2D eigenvalue weighted by Crippen LogP contribution is -2.43. The Morgan fingerprint density at radius 1 is 1.50 bits per heavy atom. The summed E-state index contributed by atoms with van der Waals surface area (Å²) in [5.41, 5.74) is 5.60. The molecule has 1 fully saturated rings. The molecule has 0 amide bonds. The van der Waals surface area contributed by atoms with Crippen LogP contribution in [-0.4, -0.2) is 59.6 Å². The van der Waals surface area contributed by atoms with Gasteiger partial charge in [0.2, 0.25) is 0 Å². The molecule has 1 unspecified atom stereocenters. The Balaban J connectivity index is 2.41. The molecule has 0 bridgehead atoms. The van der Waals surface area contributed by atoms with E-state index in [1.165, 1.54) is 25.8 Å². The molecule has 1 heterocycles. The molecule has 0 saturated carbocycles. The third-order valence-corrected chi connectivity index (χ3v) is 3.89. The summed E-state index contributed by atoms with van der Waals surface area (Å²) in [6, 6.07) is 1.10. The lowest BCUT2D eigenvalue weighted by molar-refractivity contribution is 0.149. The maximum atomic E-state index is 8.65. The van der Waals surface area contributed by atoms with Crippen molar-refractivity contribution in [2.45, 2.75) is 51.6 Å². The van der Waals surface area contributed by atoms with E-state index in [0.29, 0.717) is 24.5 Å². The topological polar surface area (TPSA) is 65.1 Å². The standard InChI is InChI=1S/C13H28N4O/c1-11(2)17(10-13(14)15-18)9-7-12-6-4-5-8-16(12)3/h11-12,18H,4-10H2,1-3H3,(H2,14,15). The van der Waals surface area contributed by atoms with Gasteiger partial charge in [-0.3, -0.25) is 4.90 Å². The van der Waals surface area contributed by atoms with Gasteiger partial charge in [-0.1, -0.05) is 11.6 Å². The molecule has 106 valence electrons. The van der Waals surface area contributed by atoms with Crippen LogP contribution in [0.4, 0.5) is 0 Å². The molecule has 18 heavy (non-hydrogen) atoms. The lowest BCUT2D eigenvalue weighted by atomic mass is 10.00. The molecule has 5 nitrogen and oxygen atoms in total. The van der Waals surface area contributed by atoms with Gasteiger partial charge in [0, 0.05) is 18.6 Å². The summed E-state index contributed by atoms with van der Waals surface area (Å²) in [6.07, 6.45) is 5.13. The fourth-order valence-electron chi connectivity index (χ4n) is 2.58. The average Bonchev–Trinajstić information content (AvgIpc) is 2.35. The Hall–Kier alpha value is -0.810. The van der Waals surface area contributed by atoms with Gasteiger partial charge in [-0.2, -0.15) is 0 Å². The van der Waals surface area contributed by atoms with E-state index < -0.39 is 0 Å². The first kappa shape index (κ1) is 15.2. The van der Waals surface area contributed by atoms with Crippen molar-refractivity contribution in [2.24, 2.45) is 10.9 Å². The van der Waals surface area contributed by atoms with Crippen molar-refractivity contribution in [3.05, 3.63) is 0 Å². The lowest BCUT2D eigenvalue weighted by Gasteiger charge is -2.35. The van der Waals surface area contributed by atoms with Crippen LogP contribution in [-0.2, 0) is 0 Å². The minimum absolute atomic E-state index is 0.292. The maximum Gasteiger partial charge on any atom is 0.153 e. The fraction of sp³-hybridized carbons (Fsp3) is 0.923. The number of oxime groups is 1. The highest BCUT2D eigenvalue weighted by Gasteiger charge is 2.20. The van der Waals surface area contributed by atoms with Gasteiger partial charge in [0.05, 0.1) is 6.54 Å². The Morgan fingerprint density at radius 2 is 2.22 bits per heavy atom. The van der Waals surface area contributed by atoms with Crippen molar-refractivity contribution in [3.63, 3.8) is 0 Å². The molecule has 1 aliphatic rings. The highest BCUT2D eigenvalue weighted by molar-refractivity contribution is 5.81. The van der Waals surface area contributed by atoms with Crippen molar-refractivity contribution in [1.29, 1.82) is 0 Å². The van der Waals surface area contributed by atoms with Gasteiger partial charge in [-0.15, -0.1) is 0 Å². The molecule has 0 aromatic rings. The molecule has 1 aliphatic heterocycles. The Bertz CT molecular complexity index is 268. The zero-order valence-corrected chi connectivity index (χ0v) is 12.0. The fourth-order valence-corrected chi connectivity index (χ4v) is 2.58. The zero-order valence-electron chi connectivity index (χ0n) is 12.0. The van der Waals surface area contributed by atoms with Gasteiger partial charge in [-0.25, -0.2) is 0 Å². The number of nitrogens with zero attached hydrogens (tertiary/aromatic N) is 3. The average molecular weight is 256 g/mol. The van der Waals surface area contributed by atoms with Gasteiger partial charge in [0.25, 0.3) is 0 Å². The van der Waals surface area contributed by atoms with Crippen LogP contribution in [0.5, 0.6) is 0 Å². The minimum atomic E-state index is 0.292. The largest absolute Gasteiger partial charge is 0.409 e. The van der Waals surface area contributed by atoms with Gasteiger partial charge < -0.3 is 15.8 Å². The highest BCUT2D eigenvalue weighted by atomic mass is 16.4. The predicted molar refractivity (Wildman–Crippen MR) is 75.0 cm³/mol. The van der Waals surface area contributed by atoms with Crippen LogP contribution in [0, 0.1) is 0 Å². The zero-order chi connectivity index (χ0) is 13.5. The Labute approximate surface area is 111 Å². The molecule has 0 aromatic heterocycles. The molecule has 0 radical (unpaired) electrons. The van der Waals surface area contributed by atoms with Crippen LogP contribution in [0.1, 0.15) is 39.5 Å². The summed E-state index contributed by atoms with van der Waals surface area (Å²) in [6.45, 7) is 7.06. The molecular weight excluding hydrogens is 228 g/mol. The smallest absolute Gasteiger partial charge is 0.153 e. The number of hydrogen-bond donors (Lipinski definition) is 2. The van der Waals surface area contributed by atoms with Crippen LogP contribution in [0.15, 0.2) is 5.16 Å². The van der Waals surface area contributed by atoms with Crippen LogP contribution >= 0.6 is 0 Å². The highest BCUT2D eigenvalue weighted by Crippen LogP contribution is 2.18. The van der Waals surface area contributed by atoms with Gasteiger partial charge in [0.1, 0.15) is 0 Å². The van der Waals surface area contributed by atoms with E-state index in [1.54, 1.807) is 0 Å². The molecule has 1 atom stereocenters. The first-order valence-electron chi connectivity index (χ1n) is 6.95. The number of hydrogen-bond acceptors (Lipinski definition) is 4. The number of likely N-dealkylation sites (tertiary alicyclic amines) is 1. The summed E-state index contributed by atoms with van der Waals surface area (Å²) in [5, 5.41) is 11.7. The molecule has 0 spiro atoms. The van der Waals surface area contributed by atoms with E-state index in [-0.39, 0.29) is 0 Å². The molecule has 0 aromatic carbocycles. The first-order valence-corrected chi connectivity index (χ1v) is 6.95. The number of nitrogens with two attached hydrogens (primary N) is 1. The Morgan fingerprint density at radius 3 is 2.78 bits per heavy atom. The van der Waals surface area contributed by atoms with E-state index in [9.17, 15) is 0 Å². The third kappa shape index (κ3) is 4.82. The van der Waals surface area contributed by atoms with Crippen molar-refractivity contribution in [2.75, 3.05) is 26.7 Å². The van der Waals surface area contributed by atoms with Crippen molar-refractivity contribution >= 4 is 5.84 Å². The van der Waals surface area contributed by atoms with E-state index >= 15 is 0 Å². The van der Waals surface area contributed by atoms with Crippen molar-refractivity contribution < 1.29 is 5.21 Å². The maximum absolute atomic E-state index is 8.65. The third-order valence-electron chi connectivity index (χ3n) is 3.89. The monoisotopic (exact) mass is 256 g/mol. The van der Waals surface area contributed by atoms with Crippen molar-refractivity contribution in [1.82, 2.24) is 9.80 Å². The molecule has 5 heteroatoms. The Kier molecular flexibility index (Phi) is 6.43. The molecule has 1 rings (SSSR count). The first-order chi connectivity index (χ1) is 8.54. The summed E-state index contributed by atoms with van der Waals surface area (Å²) in [7, 11) is 2.22. The molecule has 3 N–H and O–H groups in total. The quantitative estimate of drug-likeness (QED) is 0.325. The van der Waals surface area contributed by atoms with Crippen LogP contribution < -0.4 is 5.73 Å².